The van der Waals surface area contributed by atoms with Gasteiger partial charge in [0.2, 0.25) is 6.79 Å². The van der Waals surface area contributed by atoms with E-state index in [1.54, 1.807) is 17.0 Å². The van der Waals surface area contributed by atoms with E-state index in [-0.39, 0.29) is 30.4 Å². The smallest absolute Gasteiger partial charge is 0.410 e. The zero-order chi connectivity index (χ0) is 32.9. The largest absolute Gasteiger partial charge is 0.478 e. The summed E-state index contributed by atoms with van der Waals surface area (Å²) in [5.74, 6) is -0.0418. The van der Waals surface area contributed by atoms with Gasteiger partial charge in [0, 0.05) is 63.1 Å². The molecule has 0 unspecified atom stereocenters. The van der Waals surface area contributed by atoms with Crippen LogP contribution >= 0.6 is 0 Å². The number of carboxylic acid groups (broad SMARTS) is 1. The first-order chi connectivity index (χ1) is 22.6. The Labute approximate surface area is 274 Å². The molecule has 1 N–H and O–H groups in total. The van der Waals surface area contributed by atoms with Crippen LogP contribution in [-0.2, 0) is 30.7 Å². The summed E-state index contributed by atoms with van der Waals surface area (Å²) in [6.45, 7) is 9.97. The summed E-state index contributed by atoms with van der Waals surface area (Å²) in [6, 6.07) is 13.5. The second-order valence-corrected chi connectivity index (χ2v) is 13.9. The van der Waals surface area contributed by atoms with Crippen LogP contribution < -0.4 is 9.47 Å². The highest BCUT2D eigenvalue weighted by atomic mass is 16.7. The van der Waals surface area contributed by atoms with Crippen LogP contribution in [0.1, 0.15) is 71.1 Å². The van der Waals surface area contributed by atoms with E-state index in [1.165, 1.54) is 5.56 Å². The molecule has 47 heavy (non-hydrogen) atoms. The van der Waals surface area contributed by atoms with Gasteiger partial charge in [0.25, 0.3) is 5.91 Å². The van der Waals surface area contributed by atoms with E-state index in [1.807, 2.05) is 43.9 Å². The molecule has 0 spiro atoms. The minimum atomic E-state index is -0.963. The van der Waals surface area contributed by atoms with Gasteiger partial charge in [0.15, 0.2) is 11.5 Å². The number of aromatic nitrogens is 1. The predicted molar refractivity (Wildman–Crippen MR) is 174 cm³/mol. The summed E-state index contributed by atoms with van der Waals surface area (Å²) in [4.78, 5) is 45.8. The highest BCUT2D eigenvalue weighted by Gasteiger charge is 2.36. The fraction of sp³-hybridized carbons (Fsp3) is 0.472. The van der Waals surface area contributed by atoms with Crippen molar-refractivity contribution in [2.45, 2.75) is 71.2 Å². The van der Waals surface area contributed by atoms with Crippen molar-refractivity contribution in [3.8, 4) is 22.8 Å². The number of hydrogen-bond acceptors (Lipinski definition) is 7. The quantitative estimate of drug-likeness (QED) is 0.412. The lowest BCUT2D eigenvalue weighted by atomic mass is 9.92. The Kier molecular flexibility index (Phi) is 8.11. The molecule has 4 aliphatic heterocycles. The molecule has 0 radical (unpaired) electrons. The number of amides is 2. The molecule has 2 amide bonds. The van der Waals surface area contributed by atoms with Crippen molar-refractivity contribution in [3.63, 3.8) is 0 Å². The molecule has 7 rings (SSSR count). The number of fused-ring (bicyclic) bond motifs is 3. The topological polar surface area (TPSA) is 114 Å². The third-order valence-corrected chi connectivity index (χ3v) is 9.61. The first-order valence-corrected chi connectivity index (χ1v) is 16.5. The molecule has 4 aliphatic rings. The van der Waals surface area contributed by atoms with E-state index < -0.39 is 11.6 Å². The van der Waals surface area contributed by atoms with Crippen molar-refractivity contribution < 1.29 is 33.7 Å². The maximum Gasteiger partial charge on any atom is 0.410 e. The lowest BCUT2D eigenvalue weighted by Gasteiger charge is -2.42. The first kappa shape index (κ1) is 31.1. The Hall–Kier alpha value is -4.51. The van der Waals surface area contributed by atoms with Crippen LogP contribution in [0.15, 0.2) is 42.5 Å². The molecular formula is C36H42N4O7. The zero-order valence-electron chi connectivity index (χ0n) is 27.3. The second kappa shape index (κ2) is 12.3. The molecule has 1 atom stereocenters. The molecule has 0 saturated carbocycles. The SMILES string of the molecule is CC(C)(C)OC(=O)N1CCN(C[C@@H]2Cc3ccccc3CN2C(=O)c2cc3c(cc2-c2cc(C(=O)O)c4n2CCCC4)OCO3)CC1. The third kappa shape index (κ3) is 6.16. The van der Waals surface area contributed by atoms with Crippen LogP contribution in [0.2, 0.25) is 0 Å². The molecule has 0 bridgehead atoms. The number of benzene rings is 2. The third-order valence-electron chi connectivity index (χ3n) is 9.61. The normalized spacial score (nSPS) is 19.3. The molecule has 5 heterocycles. The summed E-state index contributed by atoms with van der Waals surface area (Å²) in [5, 5.41) is 10.1. The lowest BCUT2D eigenvalue weighted by molar-refractivity contribution is 0.0116. The number of rotatable bonds is 5. The van der Waals surface area contributed by atoms with Crippen molar-refractivity contribution in [2.75, 3.05) is 39.5 Å². The molecule has 248 valence electrons. The standard InChI is InChI=1S/C36H42N4O7/c1-36(2,3)47-35(44)38-14-12-37(13-15-38)21-25-16-23-8-4-5-9-24(23)20-40(25)33(41)27-19-32-31(45-22-46-32)18-26(27)30-17-28(34(42)43)29-10-6-7-11-39(29)30/h4-5,8-9,17-19,25H,6-7,10-16,20-22H2,1-3H3,(H,42,43)/t25-/m0/s1. The van der Waals surface area contributed by atoms with Crippen LogP contribution in [0.4, 0.5) is 4.79 Å². The monoisotopic (exact) mass is 642 g/mol. The van der Waals surface area contributed by atoms with E-state index in [4.69, 9.17) is 14.2 Å². The van der Waals surface area contributed by atoms with Crippen molar-refractivity contribution in [3.05, 3.63) is 70.4 Å². The summed E-state index contributed by atoms with van der Waals surface area (Å²) in [6.07, 6.45) is 2.96. The van der Waals surface area contributed by atoms with Crippen molar-refractivity contribution in [1.82, 2.24) is 19.3 Å². The van der Waals surface area contributed by atoms with Gasteiger partial charge in [0.05, 0.1) is 16.8 Å². The molecular weight excluding hydrogens is 600 g/mol. The molecule has 0 aliphatic carbocycles. The second-order valence-electron chi connectivity index (χ2n) is 13.9. The average molecular weight is 643 g/mol. The van der Waals surface area contributed by atoms with Gasteiger partial charge in [-0.1, -0.05) is 24.3 Å². The van der Waals surface area contributed by atoms with Gasteiger partial charge in [-0.05, 0) is 75.8 Å². The van der Waals surface area contributed by atoms with E-state index >= 15 is 0 Å². The Balaban J connectivity index is 1.21. The molecule has 11 nitrogen and oxygen atoms in total. The Morgan fingerprint density at radius 3 is 2.36 bits per heavy atom. The van der Waals surface area contributed by atoms with E-state index in [9.17, 15) is 19.5 Å². The van der Waals surface area contributed by atoms with Crippen LogP contribution in [0.25, 0.3) is 11.3 Å². The maximum absolute atomic E-state index is 14.9. The summed E-state index contributed by atoms with van der Waals surface area (Å²) in [7, 11) is 0. The van der Waals surface area contributed by atoms with E-state index in [2.05, 4.69) is 21.6 Å². The Morgan fingerprint density at radius 2 is 1.64 bits per heavy atom. The number of carboxylic acids is 1. The highest BCUT2D eigenvalue weighted by Crippen LogP contribution is 2.42. The van der Waals surface area contributed by atoms with Crippen LogP contribution in [-0.4, -0.2) is 93.5 Å². The van der Waals surface area contributed by atoms with Crippen molar-refractivity contribution >= 4 is 18.0 Å². The van der Waals surface area contributed by atoms with Crippen molar-refractivity contribution in [2.24, 2.45) is 0 Å². The maximum atomic E-state index is 14.9. The number of nitrogens with zero attached hydrogens (tertiary/aromatic N) is 4. The van der Waals surface area contributed by atoms with E-state index in [0.717, 1.165) is 24.1 Å². The van der Waals surface area contributed by atoms with Gasteiger partial charge in [-0.2, -0.15) is 0 Å². The molecule has 1 fully saturated rings. The fourth-order valence-corrected chi connectivity index (χ4v) is 7.30. The van der Waals surface area contributed by atoms with Crippen LogP contribution in [0, 0.1) is 0 Å². The molecule has 3 aromatic rings. The number of ether oxygens (including phenoxy) is 3. The van der Waals surface area contributed by atoms with Gasteiger partial charge in [0.1, 0.15) is 5.60 Å². The zero-order valence-corrected chi connectivity index (χ0v) is 27.3. The molecule has 11 heteroatoms. The highest BCUT2D eigenvalue weighted by molar-refractivity contribution is 6.03. The average Bonchev–Trinajstić information content (AvgIpc) is 3.67. The van der Waals surface area contributed by atoms with Gasteiger partial charge < -0.3 is 33.7 Å². The number of hydrogen-bond donors (Lipinski definition) is 1. The minimum absolute atomic E-state index is 0.0635. The van der Waals surface area contributed by atoms with Gasteiger partial charge in [-0.25, -0.2) is 9.59 Å². The predicted octanol–water partition coefficient (Wildman–Crippen LogP) is 5.04. The van der Waals surface area contributed by atoms with Gasteiger partial charge in [-0.15, -0.1) is 0 Å². The summed E-state index contributed by atoms with van der Waals surface area (Å²) in [5.41, 5.74) is 4.71. The molecule has 1 saturated heterocycles. The summed E-state index contributed by atoms with van der Waals surface area (Å²) >= 11 is 0. The van der Waals surface area contributed by atoms with Crippen LogP contribution in [0.3, 0.4) is 0 Å². The number of piperazine rings is 1. The Morgan fingerprint density at radius 1 is 0.915 bits per heavy atom. The molecule has 2 aromatic carbocycles. The van der Waals surface area contributed by atoms with E-state index in [0.29, 0.717) is 87.0 Å². The number of aromatic carboxylic acids is 1. The number of carbonyl (C=O) groups excluding carboxylic acids is 2. The van der Waals surface area contributed by atoms with Gasteiger partial charge >= 0.3 is 12.1 Å². The van der Waals surface area contributed by atoms with Crippen LogP contribution in [0.5, 0.6) is 11.5 Å². The minimum Gasteiger partial charge on any atom is -0.478 e. The lowest BCUT2D eigenvalue weighted by Crippen LogP contribution is -2.55. The van der Waals surface area contributed by atoms with Gasteiger partial charge in [-0.3, -0.25) is 9.69 Å². The Bertz CT molecular complexity index is 1720. The number of carbonyl (C=O) groups is 3. The molecule has 1 aromatic heterocycles. The summed E-state index contributed by atoms with van der Waals surface area (Å²) < 4.78 is 19.1. The fourth-order valence-electron chi connectivity index (χ4n) is 7.30. The first-order valence-electron chi connectivity index (χ1n) is 16.5. The van der Waals surface area contributed by atoms with Crippen molar-refractivity contribution in [1.29, 1.82) is 0 Å².